The Hall–Kier alpha value is -3.32. The van der Waals surface area contributed by atoms with Crippen molar-refractivity contribution in [3.8, 4) is 0 Å². The minimum absolute atomic E-state index is 0.00557. The van der Waals surface area contributed by atoms with Crippen molar-refractivity contribution >= 4 is 33.3 Å². The fourth-order valence-electron chi connectivity index (χ4n) is 3.52. The van der Waals surface area contributed by atoms with E-state index >= 15 is 0 Å². The van der Waals surface area contributed by atoms with Crippen molar-refractivity contribution in [1.82, 2.24) is 20.0 Å². The minimum atomic E-state index is -4.28. The van der Waals surface area contributed by atoms with Crippen LogP contribution >= 0.6 is 11.3 Å². The normalized spacial score (nSPS) is 14.4. The summed E-state index contributed by atoms with van der Waals surface area (Å²) in [6.45, 7) is 13.5. The third-order valence-corrected chi connectivity index (χ3v) is 6.28. The number of nitrogens with zero attached hydrogens (tertiary/aromatic N) is 7. The van der Waals surface area contributed by atoms with Gasteiger partial charge in [-0.2, -0.15) is 13.2 Å². The number of hydrogen-bond acceptors (Lipinski definition) is 8. The molecule has 1 fully saturated rings. The average Bonchev–Trinajstić information content (AvgIpc) is 3.25. The highest BCUT2D eigenvalue weighted by Crippen LogP contribution is 2.34. The van der Waals surface area contributed by atoms with Crippen LogP contribution in [-0.2, 0) is 16.1 Å². The van der Waals surface area contributed by atoms with Crippen LogP contribution in [0.25, 0.3) is 10.2 Å². The number of halogens is 3. The van der Waals surface area contributed by atoms with Gasteiger partial charge in [-0.05, 0) is 23.8 Å². The number of aromatic nitrogens is 2. The lowest BCUT2D eigenvalue weighted by Crippen LogP contribution is -2.49. The maximum Gasteiger partial charge on any atom is 0.393 e. The standard InChI is InChI=1S/C23H28F3N7O2S/c1-4-8-33(30-29-17(3)5-2)35-13-6-7-20(34)31-9-11-32(12-10-31)21-19-14-18(15-23(24,25)26)36-22(19)28-16-27-21/h4-5,14,16H,1-3,6-13,15H2. The van der Waals surface area contributed by atoms with E-state index in [4.69, 9.17) is 4.84 Å². The van der Waals surface area contributed by atoms with Crippen LogP contribution in [-0.4, -0.2) is 71.5 Å². The van der Waals surface area contributed by atoms with E-state index in [9.17, 15) is 18.0 Å². The number of carbonyl (C=O) groups excluding carboxylic acids is 1. The van der Waals surface area contributed by atoms with Crippen LogP contribution in [0.15, 0.2) is 60.3 Å². The molecule has 0 radical (unpaired) electrons. The first-order valence-electron chi connectivity index (χ1n) is 11.3. The number of piperazine rings is 1. The van der Waals surface area contributed by atoms with Gasteiger partial charge in [0.15, 0.2) is 0 Å². The molecule has 3 rings (SSSR count). The largest absolute Gasteiger partial charge is 0.393 e. The van der Waals surface area contributed by atoms with E-state index < -0.39 is 12.6 Å². The van der Waals surface area contributed by atoms with E-state index in [0.717, 1.165) is 11.3 Å². The molecule has 0 aliphatic carbocycles. The van der Waals surface area contributed by atoms with Gasteiger partial charge in [0.2, 0.25) is 5.91 Å². The fourth-order valence-corrected chi connectivity index (χ4v) is 4.54. The van der Waals surface area contributed by atoms with Crippen molar-refractivity contribution in [2.45, 2.75) is 25.4 Å². The average molecular weight is 524 g/mol. The minimum Gasteiger partial charge on any atom is -0.352 e. The zero-order valence-electron chi connectivity index (χ0n) is 19.8. The summed E-state index contributed by atoms with van der Waals surface area (Å²) in [5, 5.41) is 9.61. The summed E-state index contributed by atoms with van der Waals surface area (Å²) in [6, 6.07) is 1.52. The first-order valence-corrected chi connectivity index (χ1v) is 12.1. The van der Waals surface area contributed by atoms with Crippen molar-refractivity contribution in [3.63, 3.8) is 0 Å². The lowest BCUT2D eigenvalue weighted by atomic mass is 10.2. The van der Waals surface area contributed by atoms with Crippen LogP contribution in [0.1, 0.15) is 17.7 Å². The molecule has 0 spiro atoms. The van der Waals surface area contributed by atoms with E-state index in [0.29, 0.717) is 67.3 Å². The summed E-state index contributed by atoms with van der Waals surface area (Å²) in [4.78, 5) is 31.1. The van der Waals surface area contributed by atoms with E-state index in [1.54, 1.807) is 11.0 Å². The van der Waals surface area contributed by atoms with Crippen molar-refractivity contribution in [1.29, 1.82) is 0 Å². The van der Waals surface area contributed by atoms with Gasteiger partial charge in [-0.1, -0.05) is 19.2 Å². The Morgan fingerprint density at radius 2 is 2.00 bits per heavy atom. The third-order valence-electron chi connectivity index (χ3n) is 5.24. The summed E-state index contributed by atoms with van der Waals surface area (Å²) >= 11 is 1.03. The molecule has 1 saturated heterocycles. The lowest BCUT2D eigenvalue weighted by molar-refractivity contribution is -0.159. The molecule has 194 valence electrons. The maximum atomic E-state index is 12.8. The number of allylic oxidation sites excluding steroid dienone is 1. The van der Waals surface area contributed by atoms with E-state index in [1.807, 2.05) is 4.90 Å². The van der Waals surface area contributed by atoms with Crippen LogP contribution in [0.4, 0.5) is 19.0 Å². The van der Waals surface area contributed by atoms with Crippen molar-refractivity contribution in [2.24, 2.45) is 10.3 Å². The van der Waals surface area contributed by atoms with Crippen LogP contribution in [0.5, 0.6) is 0 Å². The summed E-state index contributed by atoms with van der Waals surface area (Å²) in [5.41, 5.74) is 0.394. The van der Waals surface area contributed by atoms with E-state index in [-0.39, 0.29) is 17.4 Å². The molecule has 2 aromatic rings. The first-order chi connectivity index (χ1) is 17.2. The number of thiophene rings is 1. The number of anilines is 1. The molecule has 0 atom stereocenters. The Bertz CT molecular complexity index is 1110. The lowest BCUT2D eigenvalue weighted by Gasteiger charge is -2.35. The third kappa shape index (κ3) is 7.85. The number of alkyl halides is 3. The number of amides is 1. The SMILES string of the molecule is C=CCN(N=NC(=C)C=C)OCCCC(=O)N1CCN(c2ncnc3sc(CC(F)(F)F)cc23)CC1. The predicted octanol–water partition coefficient (Wildman–Crippen LogP) is 4.71. The Labute approximate surface area is 211 Å². The quantitative estimate of drug-likeness (QED) is 0.132. The second-order valence-electron chi connectivity index (χ2n) is 7.93. The molecule has 1 aliphatic rings. The molecule has 36 heavy (non-hydrogen) atoms. The highest BCUT2D eigenvalue weighted by Gasteiger charge is 2.30. The molecule has 0 saturated carbocycles. The van der Waals surface area contributed by atoms with Gasteiger partial charge in [-0.3, -0.25) is 9.63 Å². The smallest absolute Gasteiger partial charge is 0.352 e. The highest BCUT2D eigenvalue weighted by atomic mass is 32.1. The van der Waals surface area contributed by atoms with Gasteiger partial charge < -0.3 is 9.80 Å². The molecule has 2 aromatic heterocycles. The van der Waals surface area contributed by atoms with Crippen LogP contribution < -0.4 is 4.90 Å². The van der Waals surface area contributed by atoms with Gasteiger partial charge in [0.25, 0.3) is 0 Å². The van der Waals surface area contributed by atoms with Gasteiger partial charge >= 0.3 is 6.18 Å². The van der Waals surface area contributed by atoms with Crippen LogP contribution in [0.2, 0.25) is 0 Å². The molecule has 1 aliphatic heterocycles. The Kier molecular flexibility index (Phi) is 9.53. The maximum absolute atomic E-state index is 12.8. The predicted molar refractivity (Wildman–Crippen MR) is 132 cm³/mol. The zero-order valence-corrected chi connectivity index (χ0v) is 20.6. The Balaban J connectivity index is 1.48. The highest BCUT2D eigenvalue weighted by molar-refractivity contribution is 7.18. The molecule has 13 heteroatoms. The number of carbonyl (C=O) groups is 1. The number of hydroxylamine groups is 1. The number of fused-ring (bicyclic) bond motifs is 1. The van der Waals surface area contributed by atoms with Gasteiger partial charge in [0.1, 0.15) is 17.0 Å². The number of hydrogen-bond donors (Lipinski definition) is 0. The molecule has 0 aromatic carbocycles. The van der Waals surface area contributed by atoms with Crippen molar-refractivity contribution < 1.29 is 22.8 Å². The number of rotatable bonds is 12. The molecule has 0 bridgehead atoms. The molecule has 0 unspecified atom stereocenters. The summed E-state index contributed by atoms with van der Waals surface area (Å²) in [7, 11) is 0. The fraction of sp³-hybridized carbons (Fsp3) is 0.435. The molecule has 0 N–H and O–H groups in total. The zero-order chi connectivity index (χ0) is 26.1. The topological polar surface area (TPSA) is 86.5 Å². The molecular weight excluding hydrogens is 495 g/mol. The van der Waals surface area contributed by atoms with E-state index in [2.05, 4.69) is 40.0 Å². The van der Waals surface area contributed by atoms with Gasteiger partial charge in [0, 0.05) is 37.5 Å². The van der Waals surface area contributed by atoms with Crippen molar-refractivity contribution in [2.75, 3.05) is 44.2 Å². The summed E-state index contributed by atoms with van der Waals surface area (Å²) in [6.07, 6.45) is -0.0229. The van der Waals surface area contributed by atoms with Crippen molar-refractivity contribution in [3.05, 3.63) is 54.9 Å². The van der Waals surface area contributed by atoms with Gasteiger partial charge in [-0.25, -0.2) is 9.97 Å². The second kappa shape index (κ2) is 12.6. The molecular formula is C23H28F3N7O2S. The Morgan fingerprint density at radius 1 is 1.25 bits per heavy atom. The summed E-state index contributed by atoms with van der Waals surface area (Å²) in [5.74, 6) is 0.604. The molecule has 9 nitrogen and oxygen atoms in total. The molecule has 3 heterocycles. The van der Waals surface area contributed by atoms with Gasteiger partial charge in [-0.15, -0.1) is 28.2 Å². The monoisotopic (exact) mass is 523 g/mol. The Morgan fingerprint density at radius 3 is 2.67 bits per heavy atom. The first kappa shape index (κ1) is 27.3. The van der Waals surface area contributed by atoms with Crippen LogP contribution in [0, 0.1) is 0 Å². The molecule has 1 amide bonds. The summed E-state index contributed by atoms with van der Waals surface area (Å²) < 4.78 is 38.4. The van der Waals surface area contributed by atoms with E-state index in [1.165, 1.54) is 23.6 Å². The van der Waals surface area contributed by atoms with Crippen LogP contribution in [0.3, 0.4) is 0 Å². The second-order valence-corrected chi connectivity index (χ2v) is 9.05. The van der Waals surface area contributed by atoms with Gasteiger partial charge in [0.05, 0.1) is 30.7 Å².